The summed E-state index contributed by atoms with van der Waals surface area (Å²) in [6, 6.07) is 7.72. The second-order valence-electron chi connectivity index (χ2n) is 7.02. The Hall–Kier alpha value is -1.85. The Labute approximate surface area is 158 Å². The average molecular weight is 378 g/mol. The number of ether oxygens (including phenoxy) is 2. The van der Waals surface area contributed by atoms with Gasteiger partial charge in [0.05, 0.1) is 6.61 Å². The largest absolute Gasteiger partial charge is 0.356 e. The third kappa shape index (κ3) is 4.36. The first-order valence-corrected chi connectivity index (χ1v) is 9.46. The lowest BCUT2D eigenvalue weighted by atomic mass is 9.90. The summed E-state index contributed by atoms with van der Waals surface area (Å²) in [5.41, 5.74) is 1.16. The summed E-state index contributed by atoms with van der Waals surface area (Å²) in [4.78, 5) is 0. The van der Waals surface area contributed by atoms with Crippen LogP contribution in [0.15, 0.2) is 30.3 Å². The first kappa shape index (κ1) is 19.9. The molecule has 0 N–H and O–H groups in total. The van der Waals surface area contributed by atoms with E-state index >= 15 is 0 Å². The van der Waals surface area contributed by atoms with Crippen molar-refractivity contribution in [1.82, 2.24) is 0 Å². The van der Waals surface area contributed by atoms with E-state index in [0.717, 1.165) is 24.8 Å². The second-order valence-corrected chi connectivity index (χ2v) is 7.02. The van der Waals surface area contributed by atoms with Crippen LogP contribution in [0, 0.1) is 17.5 Å². The second kappa shape index (κ2) is 8.89. The summed E-state index contributed by atoms with van der Waals surface area (Å²) in [6.07, 6.45) is 3.72. The van der Waals surface area contributed by atoms with E-state index in [0.29, 0.717) is 12.8 Å². The van der Waals surface area contributed by atoms with Crippen molar-refractivity contribution in [2.24, 2.45) is 0 Å². The van der Waals surface area contributed by atoms with Crippen molar-refractivity contribution >= 4 is 0 Å². The molecule has 27 heavy (non-hydrogen) atoms. The molecule has 0 aliphatic carbocycles. The van der Waals surface area contributed by atoms with Gasteiger partial charge in [-0.05, 0) is 42.9 Å². The van der Waals surface area contributed by atoms with Gasteiger partial charge >= 0.3 is 0 Å². The minimum absolute atomic E-state index is 0.0534. The molecule has 3 rings (SSSR count). The number of hydrogen-bond acceptors (Lipinski definition) is 2. The fourth-order valence-corrected chi connectivity index (χ4v) is 3.56. The van der Waals surface area contributed by atoms with Crippen LogP contribution in [0.5, 0.6) is 0 Å². The normalized spacial score (nSPS) is 20.0. The highest BCUT2D eigenvalue weighted by molar-refractivity contribution is 5.66. The maximum absolute atomic E-state index is 14.7. The summed E-state index contributed by atoms with van der Waals surface area (Å²) in [5.74, 6) is -2.70. The van der Waals surface area contributed by atoms with Gasteiger partial charge in [0.15, 0.2) is 17.9 Å². The van der Waals surface area contributed by atoms with Crippen molar-refractivity contribution in [2.45, 2.75) is 51.2 Å². The number of halogens is 3. The van der Waals surface area contributed by atoms with Gasteiger partial charge in [0.25, 0.3) is 0 Å². The summed E-state index contributed by atoms with van der Waals surface area (Å²) < 4.78 is 54.5. The lowest BCUT2D eigenvalue weighted by Gasteiger charge is -2.28. The Bertz CT molecular complexity index is 783. The number of benzene rings is 2. The molecule has 1 fully saturated rings. The molecule has 2 atom stereocenters. The molecule has 0 bridgehead atoms. The molecule has 1 aliphatic heterocycles. The molecule has 0 spiro atoms. The van der Waals surface area contributed by atoms with Crippen molar-refractivity contribution in [2.75, 3.05) is 13.7 Å². The maximum Gasteiger partial charge on any atom is 0.167 e. The quantitative estimate of drug-likeness (QED) is 0.616. The van der Waals surface area contributed by atoms with Crippen LogP contribution < -0.4 is 0 Å². The van der Waals surface area contributed by atoms with Gasteiger partial charge < -0.3 is 9.47 Å². The van der Waals surface area contributed by atoms with E-state index in [9.17, 15) is 13.2 Å². The molecule has 2 nitrogen and oxygen atoms in total. The van der Waals surface area contributed by atoms with Crippen molar-refractivity contribution < 1.29 is 22.6 Å². The molecule has 0 aromatic heterocycles. The Kier molecular flexibility index (Phi) is 6.55. The fraction of sp³-hybridized carbons (Fsp3) is 0.455. The highest BCUT2D eigenvalue weighted by Crippen LogP contribution is 2.35. The Morgan fingerprint density at radius 1 is 1.04 bits per heavy atom. The van der Waals surface area contributed by atoms with Crippen LogP contribution in [0.2, 0.25) is 0 Å². The third-order valence-corrected chi connectivity index (χ3v) is 5.19. The molecule has 2 aromatic carbocycles. The zero-order valence-electron chi connectivity index (χ0n) is 15.7. The number of rotatable bonds is 6. The lowest BCUT2D eigenvalue weighted by Crippen LogP contribution is -2.26. The van der Waals surface area contributed by atoms with Gasteiger partial charge in [-0.25, -0.2) is 13.2 Å². The summed E-state index contributed by atoms with van der Waals surface area (Å²) >= 11 is 0. The van der Waals surface area contributed by atoms with Crippen LogP contribution in [0.3, 0.4) is 0 Å². The summed E-state index contributed by atoms with van der Waals surface area (Å²) in [5, 5.41) is 0. The number of hydrogen-bond donors (Lipinski definition) is 0. The van der Waals surface area contributed by atoms with E-state index in [-0.39, 0.29) is 35.5 Å². The highest BCUT2D eigenvalue weighted by Gasteiger charge is 2.27. The molecule has 5 heteroatoms. The molecule has 2 unspecified atom stereocenters. The van der Waals surface area contributed by atoms with Gasteiger partial charge in [0, 0.05) is 24.2 Å². The van der Waals surface area contributed by atoms with Crippen molar-refractivity contribution in [3.63, 3.8) is 0 Å². The van der Waals surface area contributed by atoms with E-state index in [2.05, 4.69) is 6.92 Å². The summed E-state index contributed by atoms with van der Waals surface area (Å²) in [7, 11) is 1.56. The van der Waals surface area contributed by atoms with Crippen LogP contribution in [0.4, 0.5) is 13.2 Å². The Morgan fingerprint density at radius 3 is 2.44 bits per heavy atom. The SMILES string of the molecule is CCCCc1ccc(-c2ccc(C3CCC(OC)OC3)c(F)c2F)c(F)c1. The van der Waals surface area contributed by atoms with Crippen LogP contribution in [0.1, 0.15) is 49.7 Å². The monoisotopic (exact) mass is 378 g/mol. The van der Waals surface area contributed by atoms with Gasteiger partial charge in [-0.1, -0.05) is 37.6 Å². The van der Waals surface area contributed by atoms with E-state index in [1.165, 1.54) is 18.2 Å². The average Bonchev–Trinajstić information content (AvgIpc) is 2.69. The topological polar surface area (TPSA) is 18.5 Å². The number of unbranched alkanes of at least 4 members (excludes halogenated alkanes) is 1. The molecule has 1 heterocycles. The predicted molar refractivity (Wildman–Crippen MR) is 99.1 cm³/mol. The van der Waals surface area contributed by atoms with Crippen molar-refractivity contribution in [3.05, 3.63) is 58.9 Å². The standard InChI is InChI=1S/C22H25F3O2/c1-3-4-5-14-6-8-17(19(23)12-14)18-10-9-16(21(24)22(18)25)15-7-11-20(26-2)27-13-15/h6,8-10,12,15,20H,3-5,7,11,13H2,1-2H3. The smallest absolute Gasteiger partial charge is 0.167 e. The van der Waals surface area contributed by atoms with Gasteiger partial charge in [-0.2, -0.15) is 0 Å². The van der Waals surface area contributed by atoms with Gasteiger partial charge in [-0.3, -0.25) is 0 Å². The van der Waals surface area contributed by atoms with Crippen LogP contribution in [0.25, 0.3) is 11.1 Å². The molecule has 0 amide bonds. The number of methoxy groups -OCH3 is 1. The predicted octanol–water partition coefficient (Wildman–Crippen LogP) is 5.98. The molecular formula is C22H25F3O2. The minimum Gasteiger partial charge on any atom is -0.356 e. The van der Waals surface area contributed by atoms with E-state index in [4.69, 9.17) is 9.47 Å². The molecule has 146 valence electrons. The van der Waals surface area contributed by atoms with Crippen molar-refractivity contribution in [3.8, 4) is 11.1 Å². The zero-order valence-corrected chi connectivity index (χ0v) is 15.7. The molecule has 0 radical (unpaired) electrons. The van der Waals surface area contributed by atoms with Crippen LogP contribution >= 0.6 is 0 Å². The molecule has 0 saturated carbocycles. The molecule has 2 aromatic rings. The van der Waals surface area contributed by atoms with Gasteiger partial charge in [0.2, 0.25) is 0 Å². The Balaban J connectivity index is 1.85. The zero-order chi connectivity index (χ0) is 19.4. The Morgan fingerprint density at radius 2 is 1.81 bits per heavy atom. The lowest BCUT2D eigenvalue weighted by molar-refractivity contribution is -0.151. The van der Waals surface area contributed by atoms with Crippen LogP contribution in [-0.4, -0.2) is 20.0 Å². The fourth-order valence-electron chi connectivity index (χ4n) is 3.56. The van der Waals surface area contributed by atoms with E-state index in [1.54, 1.807) is 19.2 Å². The molecular weight excluding hydrogens is 353 g/mol. The van der Waals surface area contributed by atoms with E-state index in [1.807, 2.05) is 0 Å². The first-order valence-electron chi connectivity index (χ1n) is 9.46. The van der Waals surface area contributed by atoms with E-state index < -0.39 is 17.5 Å². The minimum atomic E-state index is -1.01. The first-order chi connectivity index (χ1) is 13.0. The third-order valence-electron chi connectivity index (χ3n) is 5.19. The molecule has 1 saturated heterocycles. The van der Waals surface area contributed by atoms with Gasteiger partial charge in [-0.15, -0.1) is 0 Å². The van der Waals surface area contributed by atoms with Crippen molar-refractivity contribution in [1.29, 1.82) is 0 Å². The van der Waals surface area contributed by atoms with Gasteiger partial charge in [0.1, 0.15) is 5.82 Å². The maximum atomic E-state index is 14.7. The summed E-state index contributed by atoms with van der Waals surface area (Å²) in [6.45, 7) is 2.34. The van der Waals surface area contributed by atoms with Crippen LogP contribution in [-0.2, 0) is 15.9 Å². The highest BCUT2D eigenvalue weighted by atomic mass is 19.2. The number of aryl methyl sites for hydroxylation is 1. The molecule has 1 aliphatic rings.